The third-order valence-corrected chi connectivity index (χ3v) is 6.75. The number of aromatic nitrogens is 2. The summed E-state index contributed by atoms with van der Waals surface area (Å²) in [6.07, 6.45) is 0.702. The van der Waals surface area contributed by atoms with Crippen LogP contribution in [0.15, 0.2) is 45.6 Å². The molecule has 3 heterocycles. The van der Waals surface area contributed by atoms with E-state index in [2.05, 4.69) is 24.0 Å². The number of amides is 1. The number of halogens is 1. The molecule has 1 aliphatic heterocycles. The quantitative estimate of drug-likeness (QED) is 0.381. The zero-order valence-electron chi connectivity index (χ0n) is 19.5. The average molecular weight is 496 g/mol. The molecule has 5 rings (SSSR count). The minimum atomic E-state index is -0.874. The van der Waals surface area contributed by atoms with Gasteiger partial charge in [-0.2, -0.15) is 0 Å². The summed E-state index contributed by atoms with van der Waals surface area (Å²) in [5, 5.41) is 9.68. The number of fused-ring (bicyclic) bond motifs is 2. The van der Waals surface area contributed by atoms with E-state index >= 15 is 0 Å². The molecule has 0 unspecified atom stereocenters. The van der Waals surface area contributed by atoms with E-state index in [0.717, 1.165) is 11.1 Å². The molecule has 0 spiro atoms. The second kappa shape index (κ2) is 8.77. The SMILES string of the molecule is COc1ccc([C@@H]2c3c(oc4ccc(F)cc4c3=O)C(=O)N2c2nnc(CC(C)C)s2)cc1OC. The van der Waals surface area contributed by atoms with Crippen LogP contribution in [0.1, 0.15) is 46.6 Å². The second-order valence-electron chi connectivity index (χ2n) is 8.58. The largest absolute Gasteiger partial charge is 0.493 e. The Morgan fingerprint density at radius 2 is 1.86 bits per heavy atom. The van der Waals surface area contributed by atoms with Gasteiger partial charge in [-0.05, 0) is 41.8 Å². The summed E-state index contributed by atoms with van der Waals surface area (Å²) >= 11 is 1.28. The molecule has 1 amide bonds. The normalized spacial score (nSPS) is 15.2. The van der Waals surface area contributed by atoms with Crippen LogP contribution >= 0.6 is 11.3 Å². The van der Waals surface area contributed by atoms with Crippen molar-refractivity contribution >= 4 is 33.3 Å². The van der Waals surface area contributed by atoms with Crippen LogP contribution in [-0.2, 0) is 6.42 Å². The maximum atomic E-state index is 14.0. The van der Waals surface area contributed by atoms with E-state index in [1.54, 1.807) is 18.2 Å². The van der Waals surface area contributed by atoms with E-state index in [4.69, 9.17) is 13.9 Å². The van der Waals surface area contributed by atoms with Gasteiger partial charge in [0.15, 0.2) is 16.9 Å². The van der Waals surface area contributed by atoms with Gasteiger partial charge in [0, 0.05) is 6.42 Å². The lowest BCUT2D eigenvalue weighted by Gasteiger charge is -2.23. The first-order valence-corrected chi connectivity index (χ1v) is 11.8. The molecule has 0 aliphatic carbocycles. The summed E-state index contributed by atoms with van der Waals surface area (Å²) in [4.78, 5) is 28.7. The van der Waals surface area contributed by atoms with E-state index < -0.39 is 23.2 Å². The molecule has 0 saturated heterocycles. The molecule has 0 radical (unpaired) electrons. The summed E-state index contributed by atoms with van der Waals surface area (Å²) in [6.45, 7) is 4.13. The van der Waals surface area contributed by atoms with Crippen molar-refractivity contribution in [2.24, 2.45) is 5.92 Å². The molecule has 180 valence electrons. The fraction of sp³-hybridized carbons (Fsp3) is 0.280. The number of rotatable bonds is 6. The minimum absolute atomic E-state index is 0.0571. The number of ether oxygens (including phenoxy) is 2. The van der Waals surface area contributed by atoms with E-state index in [1.807, 2.05) is 0 Å². The van der Waals surface area contributed by atoms with Gasteiger partial charge in [0.05, 0.1) is 31.2 Å². The number of hydrogen-bond acceptors (Lipinski definition) is 8. The highest BCUT2D eigenvalue weighted by Crippen LogP contribution is 2.44. The molecule has 0 saturated carbocycles. The van der Waals surface area contributed by atoms with Crippen LogP contribution in [0.5, 0.6) is 11.5 Å². The maximum absolute atomic E-state index is 14.0. The number of nitrogens with zero attached hydrogens (tertiary/aromatic N) is 3. The van der Waals surface area contributed by atoms with Crippen LogP contribution in [0.2, 0.25) is 0 Å². The third-order valence-electron chi connectivity index (χ3n) is 5.80. The Hall–Kier alpha value is -3.79. The summed E-state index contributed by atoms with van der Waals surface area (Å²) in [5.41, 5.74) is 0.344. The molecule has 0 bridgehead atoms. The summed E-state index contributed by atoms with van der Waals surface area (Å²) in [6, 6.07) is 7.91. The van der Waals surface area contributed by atoms with Crippen molar-refractivity contribution in [1.29, 1.82) is 0 Å². The van der Waals surface area contributed by atoms with Gasteiger partial charge in [0.1, 0.15) is 16.4 Å². The Morgan fingerprint density at radius 3 is 2.57 bits per heavy atom. The van der Waals surface area contributed by atoms with Crippen molar-refractivity contribution in [2.75, 3.05) is 19.1 Å². The van der Waals surface area contributed by atoms with Crippen LogP contribution in [0, 0.1) is 11.7 Å². The van der Waals surface area contributed by atoms with Crippen LogP contribution < -0.4 is 19.8 Å². The van der Waals surface area contributed by atoms with Crippen LogP contribution in [0.25, 0.3) is 11.0 Å². The zero-order valence-corrected chi connectivity index (χ0v) is 20.3. The summed E-state index contributed by atoms with van der Waals surface area (Å²) in [5.74, 6) is 0.0863. The molecule has 0 fully saturated rings. The van der Waals surface area contributed by atoms with Crippen LogP contribution in [0.3, 0.4) is 0 Å². The molecule has 4 aromatic rings. The Kier molecular flexibility index (Phi) is 5.76. The number of carbonyl (C=O) groups is 1. The second-order valence-corrected chi connectivity index (χ2v) is 9.62. The topological polar surface area (TPSA) is 94.8 Å². The Balaban J connectivity index is 1.75. The van der Waals surface area contributed by atoms with Gasteiger partial charge in [-0.25, -0.2) is 4.39 Å². The smallest absolute Gasteiger partial charge is 0.297 e. The lowest BCUT2D eigenvalue weighted by atomic mass is 9.98. The predicted octanol–water partition coefficient (Wildman–Crippen LogP) is 4.75. The number of carbonyl (C=O) groups excluding carboxylic acids is 1. The van der Waals surface area contributed by atoms with E-state index in [1.165, 1.54) is 42.6 Å². The van der Waals surface area contributed by atoms with Crippen molar-refractivity contribution in [1.82, 2.24) is 10.2 Å². The fourth-order valence-corrected chi connectivity index (χ4v) is 5.33. The van der Waals surface area contributed by atoms with Gasteiger partial charge in [-0.3, -0.25) is 14.5 Å². The van der Waals surface area contributed by atoms with Crippen molar-refractivity contribution in [3.05, 3.63) is 74.3 Å². The number of anilines is 1. The van der Waals surface area contributed by atoms with Crippen LogP contribution in [-0.4, -0.2) is 30.3 Å². The molecule has 0 N–H and O–H groups in total. The fourth-order valence-electron chi connectivity index (χ4n) is 4.25. The van der Waals surface area contributed by atoms with Gasteiger partial charge < -0.3 is 13.9 Å². The summed E-state index contributed by atoms with van der Waals surface area (Å²) in [7, 11) is 3.02. The summed E-state index contributed by atoms with van der Waals surface area (Å²) < 4.78 is 30.7. The number of benzene rings is 2. The molecule has 10 heteroatoms. The minimum Gasteiger partial charge on any atom is -0.493 e. The monoisotopic (exact) mass is 495 g/mol. The van der Waals surface area contributed by atoms with Crippen molar-refractivity contribution in [3.63, 3.8) is 0 Å². The predicted molar refractivity (Wildman–Crippen MR) is 129 cm³/mol. The van der Waals surface area contributed by atoms with Gasteiger partial charge in [0.2, 0.25) is 10.9 Å². The van der Waals surface area contributed by atoms with Crippen molar-refractivity contribution in [2.45, 2.75) is 26.3 Å². The lowest BCUT2D eigenvalue weighted by molar-refractivity contribution is 0.0970. The molecule has 1 aliphatic rings. The van der Waals surface area contributed by atoms with Gasteiger partial charge in [-0.15, -0.1) is 10.2 Å². The van der Waals surface area contributed by atoms with Crippen molar-refractivity contribution < 1.29 is 23.1 Å². The standard InChI is InChI=1S/C25H22FN3O5S/c1-12(2)9-19-27-28-25(35-19)29-21(13-5-7-17(32-3)18(10-13)33-4)20-22(30)15-11-14(26)6-8-16(15)34-23(20)24(29)31/h5-8,10-12,21H,9H2,1-4H3/t21-/m1/s1. The highest BCUT2D eigenvalue weighted by Gasteiger charge is 2.45. The van der Waals surface area contributed by atoms with E-state index in [9.17, 15) is 14.0 Å². The molecule has 2 aromatic heterocycles. The Labute approximate surface area is 203 Å². The molecular weight excluding hydrogens is 473 g/mol. The average Bonchev–Trinajstić information content (AvgIpc) is 3.40. The highest BCUT2D eigenvalue weighted by molar-refractivity contribution is 7.15. The van der Waals surface area contributed by atoms with E-state index in [-0.39, 0.29) is 22.3 Å². The maximum Gasteiger partial charge on any atom is 0.297 e. The van der Waals surface area contributed by atoms with Gasteiger partial charge >= 0.3 is 0 Å². The van der Waals surface area contributed by atoms with Gasteiger partial charge in [-0.1, -0.05) is 31.3 Å². The van der Waals surface area contributed by atoms with E-state index in [0.29, 0.717) is 34.5 Å². The lowest BCUT2D eigenvalue weighted by Crippen LogP contribution is -2.29. The molecule has 8 nitrogen and oxygen atoms in total. The van der Waals surface area contributed by atoms with Gasteiger partial charge in [0.25, 0.3) is 5.91 Å². The number of methoxy groups -OCH3 is 2. The zero-order chi connectivity index (χ0) is 24.9. The third kappa shape index (κ3) is 3.83. The first kappa shape index (κ1) is 23.0. The molecule has 35 heavy (non-hydrogen) atoms. The molecular formula is C25H22FN3O5S. The Morgan fingerprint density at radius 1 is 1.09 bits per heavy atom. The highest BCUT2D eigenvalue weighted by atomic mass is 32.1. The first-order chi connectivity index (χ1) is 16.8. The first-order valence-electron chi connectivity index (χ1n) is 11.0. The van der Waals surface area contributed by atoms with Crippen molar-refractivity contribution in [3.8, 4) is 11.5 Å². The van der Waals surface area contributed by atoms with Crippen LogP contribution in [0.4, 0.5) is 9.52 Å². The number of hydrogen-bond donors (Lipinski definition) is 0. The molecule has 2 aromatic carbocycles. The Bertz CT molecular complexity index is 1510. The molecule has 1 atom stereocenters.